The second-order valence-corrected chi connectivity index (χ2v) is 16.0. The Morgan fingerprint density at radius 1 is 1.00 bits per heavy atom. The highest BCUT2D eigenvalue weighted by Crippen LogP contribution is 2.45. The number of alkyl halides is 1. The predicted octanol–water partition coefficient (Wildman–Crippen LogP) is 7.44. The van der Waals surface area contributed by atoms with Crippen LogP contribution in [0.25, 0.3) is 0 Å². The third kappa shape index (κ3) is 9.15. The minimum atomic E-state index is -1.45. The smallest absolute Gasteiger partial charge is 0.263 e. The number of nitrogens with one attached hydrogen (secondary N) is 1. The molecule has 4 aliphatic rings. The zero-order valence-corrected chi connectivity index (χ0v) is 31.2. The average Bonchev–Trinajstić information content (AvgIpc) is 3.28. The first-order valence-electron chi connectivity index (χ1n) is 18.4. The minimum absolute atomic E-state index is 0.111. The van der Waals surface area contributed by atoms with Gasteiger partial charge in [-0.3, -0.25) is 14.4 Å². The van der Waals surface area contributed by atoms with E-state index in [2.05, 4.69) is 64.2 Å². The lowest BCUT2D eigenvalue weighted by Gasteiger charge is -2.46. The minimum Gasteiger partial charge on any atom is -0.491 e. The summed E-state index contributed by atoms with van der Waals surface area (Å²) in [5.41, 5.74) is 4.36. The van der Waals surface area contributed by atoms with Gasteiger partial charge in [0.2, 0.25) is 0 Å². The van der Waals surface area contributed by atoms with Crippen LogP contribution in [0.3, 0.4) is 0 Å². The first-order valence-corrected chi connectivity index (χ1v) is 20.4. The van der Waals surface area contributed by atoms with Crippen LogP contribution in [0.1, 0.15) is 93.1 Å². The molecule has 1 N–H and O–H groups in total. The monoisotopic (exact) mass is 699 g/mol. The van der Waals surface area contributed by atoms with E-state index in [0.717, 1.165) is 76.6 Å². The maximum absolute atomic E-state index is 13.5. The lowest BCUT2D eigenvalue weighted by atomic mass is 9.65. The fourth-order valence-corrected chi connectivity index (χ4v) is 9.24. The average molecular weight is 700 g/mol. The molecule has 2 aromatic carbocycles. The molecule has 7 nitrogen and oxygen atoms in total. The molecule has 0 aromatic heterocycles. The van der Waals surface area contributed by atoms with E-state index in [1.165, 1.54) is 49.6 Å². The molecule has 266 valence electrons. The Hall–Kier alpha value is -2.13. The van der Waals surface area contributed by atoms with Gasteiger partial charge in [-0.15, -0.1) is 11.6 Å². The van der Waals surface area contributed by atoms with Crippen molar-refractivity contribution in [2.45, 2.75) is 83.3 Å². The van der Waals surface area contributed by atoms with Crippen LogP contribution in [0.2, 0.25) is 0 Å². The van der Waals surface area contributed by atoms with E-state index >= 15 is 0 Å². The maximum atomic E-state index is 13.5. The highest BCUT2D eigenvalue weighted by molar-refractivity contribution is 7.84. The van der Waals surface area contributed by atoms with Crippen LogP contribution in [0.5, 0.6) is 5.75 Å². The number of benzene rings is 2. The topological polar surface area (TPSA) is 71.1 Å². The van der Waals surface area contributed by atoms with Crippen molar-refractivity contribution in [2.75, 3.05) is 63.8 Å². The quantitative estimate of drug-likeness (QED) is 0.316. The van der Waals surface area contributed by atoms with Crippen LogP contribution in [0.4, 0.5) is 5.69 Å². The van der Waals surface area contributed by atoms with E-state index in [1.807, 2.05) is 25.1 Å². The first-order chi connectivity index (χ1) is 23.4. The van der Waals surface area contributed by atoms with Crippen LogP contribution in [-0.2, 0) is 22.1 Å². The number of carbonyl (C=O) groups excluding carboxylic acids is 1. The van der Waals surface area contributed by atoms with Crippen LogP contribution < -0.4 is 14.4 Å². The van der Waals surface area contributed by atoms with Gasteiger partial charge in [0, 0.05) is 50.6 Å². The number of carbonyl (C=O) groups is 1. The zero-order chi connectivity index (χ0) is 34.0. The van der Waals surface area contributed by atoms with Gasteiger partial charge >= 0.3 is 0 Å². The third-order valence-electron chi connectivity index (χ3n) is 11.4. The van der Waals surface area contributed by atoms with Gasteiger partial charge in [-0.2, -0.15) is 0 Å². The molecule has 1 amide bonds. The molecule has 9 heteroatoms. The predicted molar refractivity (Wildman–Crippen MR) is 199 cm³/mol. The number of anilines is 1. The molecule has 6 rings (SSSR count). The number of aryl methyl sites for hydroxylation is 1. The number of unbranched alkanes of at least 4 members (excludes halogenated alkanes) is 1. The molecule has 3 aliphatic heterocycles. The number of halogens is 1. The first kappa shape index (κ1) is 37.1. The number of nitrogens with zero attached hydrogens (tertiary/aromatic N) is 2. The van der Waals surface area contributed by atoms with Crippen LogP contribution in [-0.4, -0.2) is 79.2 Å². The number of rotatable bonds is 6. The van der Waals surface area contributed by atoms with E-state index in [-0.39, 0.29) is 23.0 Å². The molecule has 7 atom stereocenters. The van der Waals surface area contributed by atoms with Crippen molar-refractivity contribution in [3.63, 3.8) is 0 Å². The van der Waals surface area contributed by atoms with Crippen molar-refractivity contribution >= 4 is 34.2 Å². The summed E-state index contributed by atoms with van der Waals surface area (Å²) in [5, 5.41) is -0.111. The number of ether oxygens (including phenoxy) is 2. The van der Waals surface area contributed by atoms with Crippen molar-refractivity contribution in [2.24, 2.45) is 23.7 Å². The fourth-order valence-electron chi connectivity index (χ4n) is 8.20. The second-order valence-electron chi connectivity index (χ2n) is 14.4. The Morgan fingerprint density at radius 2 is 1.79 bits per heavy atom. The molecule has 7 unspecified atom stereocenters. The van der Waals surface area contributed by atoms with Gasteiger partial charge < -0.3 is 14.4 Å². The third-order valence-corrected chi connectivity index (χ3v) is 13.0. The molecule has 2 aromatic rings. The van der Waals surface area contributed by atoms with Crippen LogP contribution >= 0.6 is 11.6 Å². The van der Waals surface area contributed by atoms with Crippen molar-refractivity contribution in [3.8, 4) is 5.75 Å². The summed E-state index contributed by atoms with van der Waals surface area (Å²) in [6.45, 7) is 13.8. The number of hydrogen-bond donors (Lipinski definition) is 1. The second kappa shape index (κ2) is 18.2. The number of morpholine rings is 1. The van der Waals surface area contributed by atoms with Crippen LogP contribution in [0.15, 0.2) is 42.5 Å². The van der Waals surface area contributed by atoms with Crippen LogP contribution in [0, 0.1) is 23.7 Å². The van der Waals surface area contributed by atoms with Gasteiger partial charge in [0.15, 0.2) is 0 Å². The van der Waals surface area contributed by atoms with E-state index in [9.17, 15) is 9.00 Å². The molecule has 3 heterocycles. The van der Waals surface area contributed by atoms with Gasteiger partial charge in [0.25, 0.3) is 5.91 Å². The molecule has 2 bridgehead atoms. The number of amides is 1. The Labute approximate surface area is 297 Å². The SMILES string of the molecule is CCCCc1ccccc1C1COc2ccc3cc2N(C1)CC1CCC1C(CN1CCOCC1)CCCC(C)C(C)S(=O)NC3=O.CCl. The molecular weight excluding hydrogens is 642 g/mol. The van der Waals surface area contributed by atoms with E-state index in [0.29, 0.717) is 29.9 Å². The maximum Gasteiger partial charge on any atom is 0.263 e. The lowest BCUT2D eigenvalue weighted by molar-refractivity contribution is 0.00835. The van der Waals surface area contributed by atoms with Gasteiger partial charge in [-0.1, -0.05) is 51.0 Å². The number of hydrogen-bond acceptors (Lipinski definition) is 6. The standard InChI is InChI=1S/C38H55N3O4S.CH3Cl/c1-4-5-10-29-11-6-7-13-34(29)33-25-41-24-32-14-16-35(32)31(23-40-18-20-44-21-19-40)12-8-9-27(2)28(3)46(43)39-38(42)30-15-17-37(45-26-33)36(41)22-30;1-2/h6-7,11,13,15,17,22,27-28,31-33,35H,4-5,8-10,12,14,16,18-21,23-26H2,1-3H3,(H,39,42);1H3. The van der Waals surface area contributed by atoms with Gasteiger partial charge in [0.1, 0.15) is 16.7 Å². The van der Waals surface area contributed by atoms with Gasteiger partial charge in [-0.25, -0.2) is 4.21 Å². The highest BCUT2D eigenvalue weighted by atomic mass is 35.5. The molecule has 2 fully saturated rings. The van der Waals surface area contributed by atoms with Crippen molar-refractivity contribution in [1.82, 2.24) is 9.62 Å². The van der Waals surface area contributed by atoms with Crippen molar-refractivity contribution in [3.05, 3.63) is 59.2 Å². The van der Waals surface area contributed by atoms with Crippen molar-refractivity contribution in [1.29, 1.82) is 0 Å². The molecule has 48 heavy (non-hydrogen) atoms. The molecule has 0 spiro atoms. The molecule has 1 saturated carbocycles. The Morgan fingerprint density at radius 3 is 2.54 bits per heavy atom. The van der Waals surface area contributed by atoms with E-state index in [1.54, 1.807) is 0 Å². The summed E-state index contributed by atoms with van der Waals surface area (Å²) < 4.78 is 28.5. The van der Waals surface area contributed by atoms with Crippen molar-refractivity contribution < 1.29 is 18.5 Å². The van der Waals surface area contributed by atoms with Gasteiger partial charge in [0.05, 0.1) is 30.8 Å². The summed E-state index contributed by atoms with van der Waals surface area (Å²) in [6.07, 6.45) is 10.8. The Kier molecular flexibility index (Phi) is 14.1. The fraction of sp³-hybridized carbons (Fsp3) is 0.667. The normalized spacial score (nSPS) is 30.0. The summed E-state index contributed by atoms with van der Waals surface area (Å²) in [6, 6.07) is 14.7. The zero-order valence-electron chi connectivity index (χ0n) is 29.6. The molecule has 1 saturated heterocycles. The lowest BCUT2D eigenvalue weighted by Crippen LogP contribution is -2.47. The Bertz CT molecular complexity index is 1350. The van der Waals surface area contributed by atoms with E-state index in [4.69, 9.17) is 9.47 Å². The largest absolute Gasteiger partial charge is 0.491 e. The number of fused-ring (bicyclic) bond motifs is 2. The summed E-state index contributed by atoms with van der Waals surface area (Å²) in [7, 11) is -1.45. The molecule has 1 aliphatic carbocycles. The van der Waals surface area contributed by atoms with Gasteiger partial charge in [-0.05, 0) is 98.4 Å². The summed E-state index contributed by atoms with van der Waals surface area (Å²) >= 11 is 4.64. The summed E-state index contributed by atoms with van der Waals surface area (Å²) in [5.74, 6) is 3.02. The highest BCUT2D eigenvalue weighted by Gasteiger charge is 2.40. The Balaban J connectivity index is 0.00000221. The summed E-state index contributed by atoms with van der Waals surface area (Å²) in [4.78, 5) is 18.6. The molecule has 0 radical (unpaired) electrons. The van der Waals surface area contributed by atoms with E-state index < -0.39 is 11.0 Å². The molecular formula is C39H58ClN3O4S.